The van der Waals surface area contributed by atoms with Crippen LogP contribution in [0.1, 0.15) is 27.2 Å². The summed E-state index contributed by atoms with van der Waals surface area (Å²) in [5, 5.41) is 3.06. The molecule has 2 atom stereocenters. The van der Waals surface area contributed by atoms with Gasteiger partial charge in [-0.3, -0.25) is 4.90 Å². The molecule has 0 bridgehead atoms. The molecule has 0 spiro atoms. The third kappa shape index (κ3) is 3.18. The molecule has 1 N–H and O–H groups in total. The number of hydrogen-bond acceptors (Lipinski definition) is 4. The lowest BCUT2D eigenvalue weighted by Crippen LogP contribution is -2.53. The fourth-order valence-electron chi connectivity index (χ4n) is 2.41. The highest BCUT2D eigenvalue weighted by atomic mass is 32.2. The number of hydrogen-bond donors (Lipinski definition) is 1. The maximum Gasteiger partial charge on any atom is 0.154 e. The Balaban J connectivity index is 2.67. The van der Waals surface area contributed by atoms with E-state index in [0.717, 1.165) is 26.1 Å². The molecule has 1 fully saturated rings. The Morgan fingerprint density at radius 1 is 1.19 bits per heavy atom. The predicted molar refractivity (Wildman–Crippen MR) is 67.4 cm³/mol. The zero-order valence-electron chi connectivity index (χ0n) is 10.6. The summed E-state index contributed by atoms with van der Waals surface area (Å²) < 4.78 is 23.7. The van der Waals surface area contributed by atoms with Crippen LogP contribution in [0.5, 0.6) is 0 Å². The van der Waals surface area contributed by atoms with Crippen molar-refractivity contribution >= 4 is 9.84 Å². The van der Waals surface area contributed by atoms with Crippen molar-refractivity contribution in [2.24, 2.45) is 0 Å². The van der Waals surface area contributed by atoms with Crippen LogP contribution in [0.15, 0.2) is 0 Å². The van der Waals surface area contributed by atoms with Crippen LogP contribution in [0.2, 0.25) is 0 Å². The van der Waals surface area contributed by atoms with Gasteiger partial charge in [0.2, 0.25) is 0 Å². The second-order valence-corrected chi connectivity index (χ2v) is 6.91. The normalized spacial score (nSPS) is 27.2. The Labute approximate surface area is 99.3 Å². The number of rotatable bonds is 5. The van der Waals surface area contributed by atoms with Crippen LogP contribution in [-0.4, -0.2) is 56.5 Å². The van der Waals surface area contributed by atoms with E-state index in [2.05, 4.69) is 24.1 Å². The van der Waals surface area contributed by atoms with E-state index < -0.39 is 9.84 Å². The minimum atomic E-state index is -2.89. The Kier molecular flexibility index (Phi) is 5.21. The van der Waals surface area contributed by atoms with Crippen LogP contribution in [-0.2, 0) is 9.84 Å². The molecule has 0 aromatic rings. The maximum absolute atomic E-state index is 11.8. The third-order valence-corrected chi connectivity index (χ3v) is 5.71. The molecule has 0 aliphatic carbocycles. The second kappa shape index (κ2) is 5.98. The number of nitrogens with one attached hydrogen (secondary N) is 1. The first-order valence-corrected chi connectivity index (χ1v) is 7.93. The van der Waals surface area contributed by atoms with Crippen LogP contribution < -0.4 is 5.32 Å². The van der Waals surface area contributed by atoms with Crippen molar-refractivity contribution in [2.45, 2.75) is 38.5 Å². The summed E-state index contributed by atoms with van der Waals surface area (Å²) in [6.45, 7) is 9.49. The molecule has 5 heteroatoms. The lowest BCUT2D eigenvalue weighted by Gasteiger charge is -2.36. The molecule has 0 radical (unpaired) electrons. The Hall–Kier alpha value is -0.130. The topological polar surface area (TPSA) is 49.4 Å². The summed E-state index contributed by atoms with van der Waals surface area (Å²) in [6, 6.07) is 0.370. The van der Waals surface area contributed by atoms with Crippen molar-refractivity contribution < 1.29 is 8.42 Å². The van der Waals surface area contributed by atoms with Gasteiger partial charge in [-0.25, -0.2) is 8.42 Å². The fourth-order valence-corrected chi connectivity index (χ4v) is 3.77. The van der Waals surface area contributed by atoms with E-state index in [1.165, 1.54) is 0 Å². The molecular weight excluding hydrogens is 224 g/mol. The molecule has 0 saturated carbocycles. The first kappa shape index (κ1) is 13.9. The van der Waals surface area contributed by atoms with Crippen LogP contribution in [0.25, 0.3) is 0 Å². The van der Waals surface area contributed by atoms with Crippen LogP contribution >= 0.6 is 0 Å². The molecule has 1 saturated heterocycles. The van der Waals surface area contributed by atoms with Gasteiger partial charge in [0.1, 0.15) is 0 Å². The summed E-state index contributed by atoms with van der Waals surface area (Å²) >= 11 is 0. The first-order chi connectivity index (χ1) is 7.55. The summed E-state index contributed by atoms with van der Waals surface area (Å²) in [7, 11) is -2.89. The van der Waals surface area contributed by atoms with Crippen LogP contribution in [0, 0.1) is 0 Å². The SMILES string of the molecule is CCN(CC)C1CNCC(S(=O)(=O)CC)C1. The Morgan fingerprint density at radius 2 is 1.81 bits per heavy atom. The highest BCUT2D eigenvalue weighted by Gasteiger charge is 2.32. The molecule has 2 unspecified atom stereocenters. The van der Waals surface area contributed by atoms with Crippen molar-refractivity contribution in [3.63, 3.8) is 0 Å². The monoisotopic (exact) mass is 248 g/mol. The molecular formula is C11H24N2O2S. The summed E-state index contributed by atoms with van der Waals surface area (Å²) in [4.78, 5) is 2.34. The van der Waals surface area contributed by atoms with Gasteiger partial charge < -0.3 is 5.32 Å². The lowest BCUT2D eigenvalue weighted by molar-refractivity contribution is 0.183. The van der Waals surface area contributed by atoms with Crippen LogP contribution in [0.4, 0.5) is 0 Å². The highest BCUT2D eigenvalue weighted by Crippen LogP contribution is 2.17. The van der Waals surface area contributed by atoms with Crippen molar-refractivity contribution in [3.05, 3.63) is 0 Å². The summed E-state index contributed by atoms with van der Waals surface area (Å²) in [5.41, 5.74) is 0. The Bertz CT molecular complexity index is 299. The smallest absolute Gasteiger partial charge is 0.154 e. The average Bonchev–Trinajstić information content (AvgIpc) is 2.31. The van der Waals surface area contributed by atoms with Crippen molar-refractivity contribution in [2.75, 3.05) is 31.9 Å². The molecule has 96 valence electrons. The highest BCUT2D eigenvalue weighted by molar-refractivity contribution is 7.92. The van der Waals surface area contributed by atoms with Crippen molar-refractivity contribution in [3.8, 4) is 0 Å². The zero-order valence-corrected chi connectivity index (χ0v) is 11.4. The molecule has 0 amide bonds. The molecule has 4 nitrogen and oxygen atoms in total. The lowest BCUT2D eigenvalue weighted by atomic mass is 10.1. The van der Waals surface area contributed by atoms with E-state index in [1.807, 2.05) is 0 Å². The van der Waals surface area contributed by atoms with Crippen molar-refractivity contribution in [1.82, 2.24) is 10.2 Å². The van der Waals surface area contributed by atoms with Crippen molar-refractivity contribution in [1.29, 1.82) is 0 Å². The van der Waals surface area contributed by atoms with E-state index >= 15 is 0 Å². The number of nitrogens with zero attached hydrogens (tertiary/aromatic N) is 1. The number of likely N-dealkylation sites (N-methyl/N-ethyl adjacent to an activating group) is 1. The van der Waals surface area contributed by atoms with Gasteiger partial charge in [0.15, 0.2) is 9.84 Å². The molecule has 1 heterocycles. The van der Waals surface area contributed by atoms with E-state index in [0.29, 0.717) is 12.6 Å². The number of sulfone groups is 1. The predicted octanol–water partition coefficient (Wildman–Crippen LogP) is 0.493. The molecule has 1 aliphatic heterocycles. The van der Waals surface area contributed by atoms with Gasteiger partial charge in [-0.1, -0.05) is 20.8 Å². The van der Waals surface area contributed by atoms with E-state index in [-0.39, 0.29) is 11.0 Å². The minimum Gasteiger partial charge on any atom is -0.314 e. The number of piperidine rings is 1. The van der Waals surface area contributed by atoms with Gasteiger partial charge in [0.25, 0.3) is 0 Å². The van der Waals surface area contributed by atoms with Gasteiger partial charge in [-0.2, -0.15) is 0 Å². The van der Waals surface area contributed by atoms with Gasteiger partial charge in [-0.15, -0.1) is 0 Å². The van der Waals surface area contributed by atoms with Gasteiger partial charge >= 0.3 is 0 Å². The standard InChI is InChI=1S/C11H24N2O2S/c1-4-13(5-2)10-7-11(9-12-8-10)16(14,15)6-3/h10-12H,4-9H2,1-3H3. The quantitative estimate of drug-likeness (QED) is 0.769. The third-order valence-electron chi connectivity index (χ3n) is 3.53. The molecule has 16 heavy (non-hydrogen) atoms. The van der Waals surface area contributed by atoms with Crippen LogP contribution in [0.3, 0.4) is 0 Å². The second-order valence-electron chi connectivity index (χ2n) is 4.34. The van der Waals surface area contributed by atoms with E-state index in [9.17, 15) is 8.42 Å². The van der Waals surface area contributed by atoms with Gasteiger partial charge in [0, 0.05) is 24.9 Å². The van der Waals surface area contributed by atoms with E-state index in [1.54, 1.807) is 6.92 Å². The maximum atomic E-state index is 11.8. The summed E-state index contributed by atoms with van der Waals surface area (Å²) in [5.74, 6) is 0.254. The summed E-state index contributed by atoms with van der Waals surface area (Å²) in [6.07, 6.45) is 0.783. The average molecular weight is 248 g/mol. The molecule has 0 aromatic carbocycles. The Morgan fingerprint density at radius 3 is 2.31 bits per heavy atom. The fraction of sp³-hybridized carbons (Fsp3) is 1.00. The van der Waals surface area contributed by atoms with E-state index in [4.69, 9.17) is 0 Å². The first-order valence-electron chi connectivity index (χ1n) is 6.21. The molecule has 1 aliphatic rings. The largest absolute Gasteiger partial charge is 0.314 e. The zero-order chi connectivity index (χ0) is 12.2. The minimum absolute atomic E-state index is 0.197. The molecule has 1 rings (SSSR count). The van der Waals surface area contributed by atoms with Gasteiger partial charge in [0.05, 0.1) is 5.25 Å². The van der Waals surface area contributed by atoms with Gasteiger partial charge in [-0.05, 0) is 19.5 Å². The molecule has 0 aromatic heterocycles.